The number of benzene rings is 2. The van der Waals surface area contributed by atoms with Crippen molar-refractivity contribution in [3.05, 3.63) is 75.6 Å². The van der Waals surface area contributed by atoms with Crippen LogP contribution in [0.15, 0.2) is 36.4 Å². The Labute approximate surface area is 281 Å². The van der Waals surface area contributed by atoms with E-state index in [9.17, 15) is 19.6 Å². The lowest BCUT2D eigenvalue weighted by atomic mass is 9.64. The standard InChI is InChI=1S/C36H45N9O3/c1-6-38-32(47)23-10-12-27-21(14-23)8-9-22-15-24(33(48)39-7-2)11-13-28(22)36(27,34-41-43-44-42-34)18-30(35(3,4)5)40-20-31(46)45-26(19-37)16-25-17-29(25)45/h10-15,25-26,29-30,40H,6-9,16-18,20H2,1-5H3,(H,38,47)(H,39,48)(H,41,42,43,44)/t25-,26?,29+,30-/m1/s1. The summed E-state index contributed by atoms with van der Waals surface area (Å²) in [6, 6.07) is 13.5. The second kappa shape index (κ2) is 13.1. The number of hydrogen-bond acceptors (Lipinski definition) is 8. The normalized spacial score (nSPS) is 21.2. The van der Waals surface area contributed by atoms with E-state index in [1.54, 1.807) is 4.90 Å². The molecule has 2 aliphatic carbocycles. The fraction of sp³-hybridized carbons (Fsp3) is 0.528. The van der Waals surface area contributed by atoms with Crippen molar-refractivity contribution in [3.8, 4) is 6.07 Å². The van der Waals surface area contributed by atoms with Crippen LogP contribution >= 0.6 is 0 Å². The molecule has 1 saturated carbocycles. The number of aryl methyl sites for hydroxylation is 2. The molecule has 6 rings (SSSR count). The van der Waals surface area contributed by atoms with Crippen molar-refractivity contribution in [2.75, 3.05) is 19.6 Å². The van der Waals surface area contributed by atoms with Gasteiger partial charge in [-0.2, -0.15) is 10.5 Å². The third-order valence-corrected chi connectivity index (χ3v) is 10.3. The van der Waals surface area contributed by atoms with Crippen molar-refractivity contribution in [2.45, 2.75) is 90.3 Å². The number of H-pyrrole nitrogens is 1. The summed E-state index contributed by atoms with van der Waals surface area (Å²) in [7, 11) is 0. The average Bonchev–Trinajstić information content (AvgIpc) is 3.44. The van der Waals surface area contributed by atoms with Crippen molar-refractivity contribution in [3.63, 3.8) is 0 Å². The third kappa shape index (κ3) is 6.07. The molecule has 252 valence electrons. The Morgan fingerprint density at radius 1 is 1.00 bits per heavy atom. The van der Waals surface area contributed by atoms with Crippen LogP contribution in [0.25, 0.3) is 0 Å². The van der Waals surface area contributed by atoms with Crippen molar-refractivity contribution in [1.29, 1.82) is 5.26 Å². The molecule has 4 atom stereocenters. The third-order valence-electron chi connectivity index (χ3n) is 10.3. The largest absolute Gasteiger partial charge is 0.352 e. The molecule has 0 radical (unpaired) electrons. The van der Waals surface area contributed by atoms with Crippen LogP contribution in [0.5, 0.6) is 0 Å². The molecule has 3 amide bonds. The molecule has 3 aromatic rings. The number of nitriles is 1. The number of nitrogens with zero attached hydrogens (tertiary/aromatic N) is 5. The van der Waals surface area contributed by atoms with Gasteiger partial charge in [0.1, 0.15) is 6.04 Å². The molecule has 0 spiro atoms. The highest BCUT2D eigenvalue weighted by atomic mass is 16.2. The Balaban J connectivity index is 1.47. The summed E-state index contributed by atoms with van der Waals surface area (Å²) in [6.07, 6.45) is 3.44. The summed E-state index contributed by atoms with van der Waals surface area (Å²) in [5.74, 6) is 0.555. The highest BCUT2D eigenvalue weighted by Gasteiger charge is 2.54. The lowest BCUT2D eigenvalue weighted by Crippen LogP contribution is -2.51. The minimum atomic E-state index is -0.952. The summed E-state index contributed by atoms with van der Waals surface area (Å²) in [4.78, 5) is 41.4. The second-order valence-corrected chi connectivity index (χ2v) is 14.4. The number of carbonyl (C=O) groups is 3. The van der Waals surface area contributed by atoms with Crippen LogP contribution in [0.1, 0.15) is 103 Å². The molecule has 2 fully saturated rings. The maximum Gasteiger partial charge on any atom is 0.251 e. The first-order chi connectivity index (χ1) is 23.0. The van der Waals surface area contributed by atoms with Gasteiger partial charge >= 0.3 is 0 Å². The molecule has 2 heterocycles. The number of nitrogens with one attached hydrogen (secondary N) is 4. The molecule has 1 unspecified atom stereocenters. The molecule has 12 nitrogen and oxygen atoms in total. The van der Waals surface area contributed by atoms with Gasteiger partial charge in [0.15, 0.2) is 5.82 Å². The maximum atomic E-state index is 13.6. The fourth-order valence-electron chi connectivity index (χ4n) is 7.77. The topological polar surface area (TPSA) is 169 Å². The molecule has 1 aliphatic heterocycles. The molecule has 48 heavy (non-hydrogen) atoms. The van der Waals surface area contributed by atoms with Gasteiger partial charge in [-0.15, -0.1) is 10.2 Å². The van der Waals surface area contributed by atoms with E-state index in [0.29, 0.717) is 55.2 Å². The van der Waals surface area contributed by atoms with Crippen LogP contribution in [0.2, 0.25) is 0 Å². The van der Waals surface area contributed by atoms with E-state index in [1.807, 2.05) is 50.2 Å². The zero-order valence-electron chi connectivity index (χ0n) is 28.4. The quantitative estimate of drug-likeness (QED) is 0.259. The van der Waals surface area contributed by atoms with Gasteiger partial charge in [-0.3, -0.25) is 14.4 Å². The summed E-state index contributed by atoms with van der Waals surface area (Å²) < 4.78 is 0. The van der Waals surface area contributed by atoms with Crippen molar-refractivity contribution >= 4 is 17.7 Å². The number of carbonyl (C=O) groups excluding carboxylic acids is 3. The number of piperidine rings is 1. The lowest BCUT2D eigenvalue weighted by Gasteiger charge is -2.41. The van der Waals surface area contributed by atoms with Crippen LogP contribution in [0, 0.1) is 22.7 Å². The van der Waals surface area contributed by atoms with Crippen LogP contribution < -0.4 is 16.0 Å². The predicted octanol–water partition coefficient (Wildman–Crippen LogP) is 3.04. The van der Waals surface area contributed by atoms with Gasteiger partial charge in [0.05, 0.1) is 18.0 Å². The summed E-state index contributed by atoms with van der Waals surface area (Å²) in [5, 5.41) is 35.1. The number of aromatic amines is 1. The molecule has 4 N–H and O–H groups in total. The van der Waals surface area contributed by atoms with Crippen LogP contribution in [0.3, 0.4) is 0 Å². The Hall–Kier alpha value is -4.63. The van der Waals surface area contributed by atoms with E-state index in [0.717, 1.165) is 35.1 Å². The molecule has 0 bridgehead atoms. The number of likely N-dealkylation sites (tertiary alicyclic amines) is 1. The predicted molar refractivity (Wildman–Crippen MR) is 179 cm³/mol. The minimum absolute atomic E-state index is 0.0609. The van der Waals surface area contributed by atoms with Crippen molar-refractivity contribution in [1.82, 2.24) is 41.5 Å². The molecule has 2 aromatic carbocycles. The number of aromatic nitrogens is 4. The van der Waals surface area contributed by atoms with Crippen molar-refractivity contribution in [2.24, 2.45) is 11.3 Å². The van der Waals surface area contributed by atoms with Gasteiger partial charge in [-0.1, -0.05) is 38.1 Å². The highest BCUT2D eigenvalue weighted by molar-refractivity contribution is 5.95. The Morgan fingerprint density at radius 3 is 2.10 bits per heavy atom. The number of hydrogen-bond donors (Lipinski definition) is 4. The van der Waals surface area contributed by atoms with Gasteiger partial charge < -0.3 is 20.9 Å². The van der Waals surface area contributed by atoms with Gasteiger partial charge in [0, 0.05) is 36.3 Å². The Kier molecular flexibility index (Phi) is 9.09. The van der Waals surface area contributed by atoms with Gasteiger partial charge in [0.2, 0.25) is 5.91 Å². The van der Waals surface area contributed by atoms with E-state index >= 15 is 0 Å². The molecular formula is C36H45N9O3. The SMILES string of the molecule is CCNC(=O)c1ccc2c(c1)CCc1cc(C(=O)NCC)ccc1C2(C[C@@H](NCC(=O)N1C(C#N)C[C@@H]2C[C@@H]21)C(C)(C)C)c1nn[nH]n1. The zero-order chi connectivity index (χ0) is 34.2. The van der Waals surface area contributed by atoms with Crippen molar-refractivity contribution < 1.29 is 14.4 Å². The number of amides is 3. The Morgan fingerprint density at radius 2 is 1.60 bits per heavy atom. The van der Waals surface area contributed by atoms with Crippen LogP contribution in [-0.2, 0) is 23.1 Å². The summed E-state index contributed by atoms with van der Waals surface area (Å²) >= 11 is 0. The van der Waals surface area contributed by atoms with Gasteiger partial charge in [-0.25, -0.2) is 0 Å². The van der Waals surface area contributed by atoms with Gasteiger partial charge in [-0.05, 0) is 104 Å². The number of tetrazole rings is 1. The molecule has 12 heteroatoms. The molecular weight excluding hydrogens is 606 g/mol. The first-order valence-electron chi connectivity index (χ1n) is 17.0. The number of rotatable bonds is 10. The fourth-order valence-corrected chi connectivity index (χ4v) is 7.77. The Bertz CT molecular complexity index is 1670. The minimum Gasteiger partial charge on any atom is -0.352 e. The number of fused-ring (bicyclic) bond motifs is 3. The molecule has 1 aromatic heterocycles. The zero-order valence-corrected chi connectivity index (χ0v) is 28.4. The van der Waals surface area contributed by atoms with E-state index < -0.39 is 5.41 Å². The highest BCUT2D eigenvalue weighted by Crippen LogP contribution is 2.49. The summed E-state index contributed by atoms with van der Waals surface area (Å²) in [6.45, 7) is 11.3. The molecule has 3 aliphatic rings. The monoisotopic (exact) mass is 651 g/mol. The second-order valence-electron chi connectivity index (χ2n) is 14.4. The van der Waals surface area contributed by atoms with Gasteiger partial charge in [0.25, 0.3) is 11.8 Å². The molecule has 1 saturated heterocycles. The van der Waals surface area contributed by atoms with E-state index in [-0.39, 0.29) is 47.8 Å². The van der Waals surface area contributed by atoms with E-state index in [1.165, 1.54) is 0 Å². The van der Waals surface area contributed by atoms with Crippen LogP contribution in [-0.4, -0.2) is 81.0 Å². The lowest BCUT2D eigenvalue weighted by molar-refractivity contribution is -0.131. The summed E-state index contributed by atoms with van der Waals surface area (Å²) in [5.41, 5.74) is 3.73. The smallest absolute Gasteiger partial charge is 0.251 e. The first-order valence-corrected chi connectivity index (χ1v) is 17.0. The van der Waals surface area contributed by atoms with Crippen LogP contribution in [0.4, 0.5) is 0 Å². The average molecular weight is 652 g/mol. The first kappa shape index (κ1) is 33.3. The van der Waals surface area contributed by atoms with E-state index in [2.05, 4.69) is 63.4 Å². The van der Waals surface area contributed by atoms with E-state index in [4.69, 9.17) is 0 Å². The maximum absolute atomic E-state index is 13.6.